The summed E-state index contributed by atoms with van der Waals surface area (Å²) in [6, 6.07) is 5.08. The second kappa shape index (κ2) is 4.88. The molecule has 0 saturated heterocycles. The highest BCUT2D eigenvalue weighted by atomic mass is 19.1. The molecule has 1 aromatic carbocycles. The minimum absolute atomic E-state index is 0.246. The largest absolute Gasteiger partial charge is 0.494 e. The fraction of sp³-hybridized carbons (Fsp3) is 0.600. The van der Waals surface area contributed by atoms with Crippen LogP contribution >= 0.6 is 0 Å². The van der Waals surface area contributed by atoms with Crippen LogP contribution in [0.25, 0.3) is 0 Å². The highest BCUT2D eigenvalue weighted by Gasteiger charge is 2.44. The van der Waals surface area contributed by atoms with Gasteiger partial charge in [0.2, 0.25) is 0 Å². The van der Waals surface area contributed by atoms with E-state index in [-0.39, 0.29) is 11.6 Å². The molecule has 1 aromatic rings. The Kier molecular flexibility index (Phi) is 3.62. The van der Waals surface area contributed by atoms with E-state index in [1.807, 2.05) is 0 Å². The molecular weight excluding hydrogens is 231 g/mol. The van der Waals surface area contributed by atoms with Crippen LogP contribution < -0.4 is 4.74 Å². The Hall–Kier alpha value is -1.09. The molecule has 1 aliphatic carbocycles. The van der Waals surface area contributed by atoms with Crippen LogP contribution in [0.1, 0.15) is 32.3 Å². The lowest BCUT2D eigenvalue weighted by Gasteiger charge is -2.46. The van der Waals surface area contributed by atoms with Gasteiger partial charge in [-0.3, -0.25) is 0 Å². The molecule has 0 unspecified atom stereocenters. The minimum Gasteiger partial charge on any atom is -0.494 e. The first kappa shape index (κ1) is 13.3. The van der Waals surface area contributed by atoms with E-state index in [0.29, 0.717) is 23.8 Å². The second-order valence-corrected chi connectivity index (χ2v) is 5.75. The molecule has 1 aliphatic rings. The molecule has 1 N–H and O–H groups in total. The summed E-state index contributed by atoms with van der Waals surface area (Å²) in [6.07, 6.45) is 1.90. The van der Waals surface area contributed by atoms with Crippen LogP contribution in [0.4, 0.5) is 4.39 Å². The van der Waals surface area contributed by atoms with E-state index in [9.17, 15) is 9.50 Å². The Morgan fingerprint density at radius 1 is 1.44 bits per heavy atom. The average molecular weight is 252 g/mol. The third kappa shape index (κ3) is 2.51. The fourth-order valence-electron chi connectivity index (χ4n) is 2.74. The summed E-state index contributed by atoms with van der Waals surface area (Å²) in [5.74, 6) is 1.04. The molecule has 0 heterocycles. The number of ether oxygens (including phenoxy) is 1. The summed E-state index contributed by atoms with van der Waals surface area (Å²) < 4.78 is 18.9. The van der Waals surface area contributed by atoms with Crippen LogP contribution in [-0.2, 0) is 6.42 Å². The lowest BCUT2D eigenvalue weighted by atomic mass is 9.64. The van der Waals surface area contributed by atoms with E-state index < -0.39 is 5.60 Å². The molecule has 0 aromatic heterocycles. The Labute approximate surface area is 108 Å². The van der Waals surface area contributed by atoms with Gasteiger partial charge in [-0.1, -0.05) is 26.0 Å². The standard InChI is InChI=1S/C15H21FO2/c1-10(2)12-8-15(17,9-12)7-11-5-4-6-13(18-3)14(11)16/h4-6,10,12,17H,7-9H2,1-3H3. The molecule has 0 radical (unpaired) electrons. The molecule has 2 nitrogen and oxygen atoms in total. The van der Waals surface area contributed by atoms with Crippen molar-refractivity contribution < 1.29 is 14.2 Å². The summed E-state index contributed by atoms with van der Waals surface area (Å²) >= 11 is 0. The van der Waals surface area contributed by atoms with Gasteiger partial charge in [0.1, 0.15) is 0 Å². The number of aliphatic hydroxyl groups is 1. The Morgan fingerprint density at radius 2 is 2.11 bits per heavy atom. The minimum atomic E-state index is -0.734. The van der Waals surface area contributed by atoms with Crippen LogP contribution in [0, 0.1) is 17.7 Å². The number of benzene rings is 1. The molecule has 2 rings (SSSR count). The van der Waals surface area contributed by atoms with Gasteiger partial charge in [-0.2, -0.15) is 0 Å². The molecule has 3 heteroatoms. The maximum atomic E-state index is 14.0. The van der Waals surface area contributed by atoms with E-state index in [1.165, 1.54) is 7.11 Å². The van der Waals surface area contributed by atoms with Gasteiger partial charge >= 0.3 is 0 Å². The van der Waals surface area contributed by atoms with Gasteiger partial charge in [0.25, 0.3) is 0 Å². The lowest BCUT2D eigenvalue weighted by Crippen LogP contribution is -2.47. The Bertz CT molecular complexity index is 423. The van der Waals surface area contributed by atoms with Gasteiger partial charge in [-0.05, 0) is 36.3 Å². The Balaban J connectivity index is 2.07. The molecule has 100 valence electrons. The molecule has 0 amide bonds. The molecule has 1 saturated carbocycles. The number of halogens is 1. The van der Waals surface area contributed by atoms with Crippen molar-refractivity contribution in [1.29, 1.82) is 0 Å². The van der Waals surface area contributed by atoms with E-state index in [1.54, 1.807) is 18.2 Å². The maximum Gasteiger partial charge on any atom is 0.168 e. The first-order valence-corrected chi connectivity index (χ1v) is 6.49. The van der Waals surface area contributed by atoms with E-state index >= 15 is 0 Å². The smallest absolute Gasteiger partial charge is 0.168 e. The van der Waals surface area contributed by atoms with Crippen molar-refractivity contribution in [3.05, 3.63) is 29.6 Å². The zero-order chi connectivity index (χ0) is 13.3. The monoisotopic (exact) mass is 252 g/mol. The van der Waals surface area contributed by atoms with Crippen molar-refractivity contribution in [3.8, 4) is 5.75 Å². The molecule has 0 bridgehead atoms. The number of hydrogen-bond donors (Lipinski definition) is 1. The second-order valence-electron chi connectivity index (χ2n) is 5.75. The van der Waals surface area contributed by atoms with Crippen molar-refractivity contribution in [3.63, 3.8) is 0 Å². The predicted molar refractivity (Wildman–Crippen MR) is 69.2 cm³/mol. The average Bonchev–Trinajstić information content (AvgIpc) is 2.28. The fourth-order valence-corrected chi connectivity index (χ4v) is 2.74. The number of hydrogen-bond acceptors (Lipinski definition) is 2. The lowest BCUT2D eigenvalue weighted by molar-refractivity contribution is -0.0864. The van der Waals surface area contributed by atoms with Crippen molar-refractivity contribution in [2.75, 3.05) is 7.11 Å². The maximum absolute atomic E-state index is 14.0. The highest BCUT2D eigenvalue weighted by molar-refractivity contribution is 5.32. The van der Waals surface area contributed by atoms with Crippen LogP contribution in [0.2, 0.25) is 0 Å². The molecular formula is C15H21FO2. The molecule has 0 aliphatic heterocycles. The van der Waals surface area contributed by atoms with E-state index in [2.05, 4.69) is 13.8 Å². The van der Waals surface area contributed by atoms with E-state index in [0.717, 1.165) is 12.8 Å². The molecule has 18 heavy (non-hydrogen) atoms. The van der Waals surface area contributed by atoms with Gasteiger partial charge < -0.3 is 9.84 Å². The van der Waals surface area contributed by atoms with Crippen LogP contribution in [-0.4, -0.2) is 17.8 Å². The SMILES string of the molecule is COc1cccc(CC2(O)CC(C(C)C)C2)c1F. The van der Waals surface area contributed by atoms with Crippen molar-refractivity contribution in [1.82, 2.24) is 0 Å². The normalized spacial score (nSPS) is 27.1. The zero-order valence-corrected chi connectivity index (χ0v) is 11.2. The first-order valence-electron chi connectivity index (χ1n) is 6.49. The van der Waals surface area contributed by atoms with Gasteiger partial charge in [0.15, 0.2) is 11.6 Å². The van der Waals surface area contributed by atoms with Gasteiger partial charge in [-0.25, -0.2) is 4.39 Å². The summed E-state index contributed by atoms with van der Waals surface area (Å²) in [6.45, 7) is 4.33. The summed E-state index contributed by atoms with van der Waals surface area (Å²) in [5.41, 5.74) is -0.193. The van der Waals surface area contributed by atoms with Crippen LogP contribution in [0.3, 0.4) is 0 Å². The van der Waals surface area contributed by atoms with Gasteiger partial charge in [0.05, 0.1) is 12.7 Å². The van der Waals surface area contributed by atoms with Crippen LogP contribution in [0.15, 0.2) is 18.2 Å². The van der Waals surface area contributed by atoms with E-state index in [4.69, 9.17) is 4.74 Å². The topological polar surface area (TPSA) is 29.5 Å². The van der Waals surface area contributed by atoms with Crippen molar-refractivity contribution in [2.45, 2.75) is 38.7 Å². The summed E-state index contributed by atoms with van der Waals surface area (Å²) in [5, 5.41) is 10.4. The van der Waals surface area contributed by atoms with Gasteiger partial charge in [-0.15, -0.1) is 0 Å². The predicted octanol–water partition coefficient (Wildman–Crippen LogP) is 3.17. The third-order valence-corrected chi connectivity index (χ3v) is 4.01. The quantitative estimate of drug-likeness (QED) is 0.891. The number of rotatable bonds is 4. The first-order chi connectivity index (χ1) is 8.45. The third-order valence-electron chi connectivity index (χ3n) is 4.01. The zero-order valence-electron chi connectivity index (χ0n) is 11.2. The van der Waals surface area contributed by atoms with Gasteiger partial charge in [0, 0.05) is 6.42 Å². The van der Waals surface area contributed by atoms with Crippen LogP contribution in [0.5, 0.6) is 5.75 Å². The molecule has 0 spiro atoms. The highest BCUT2D eigenvalue weighted by Crippen LogP contribution is 2.44. The molecule has 1 fully saturated rings. The number of methoxy groups -OCH3 is 1. The Morgan fingerprint density at radius 3 is 2.67 bits per heavy atom. The van der Waals surface area contributed by atoms with Crippen molar-refractivity contribution >= 4 is 0 Å². The summed E-state index contributed by atoms with van der Waals surface area (Å²) in [7, 11) is 1.45. The summed E-state index contributed by atoms with van der Waals surface area (Å²) in [4.78, 5) is 0. The molecule has 0 atom stereocenters. The van der Waals surface area contributed by atoms with Crippen molar-refractivity contribution in [2.24, 2.45) is 11.8 Å².